The van der Waals surface area contributed by atoms with Crippen LogP contribution >= 0.6 is 0 Å². The molecule has 164 valence electrons. The van der Waals surface area contributed by atoms with Gasteiger partial charge in [-0.2, -0.15) is 0 Å². The van der Waals surface area contributed by atoms with Crippen molar-refractivity contribution >= 4 is 5.97 Å². The number of alkyl halides is 1. The smallest absolute Gasteiger partial charge is 0.342 e. The van der Waals surface area contributed by atoms with E-state index in [0.717, 1.165) is 0 Å². The highest BCUT2D eigenvalue weighted by Crippen LogP contribution is 2.44. The van der Waals surface area contributed by atoms with Crippen LogP contribution in [0, 0.1) is 0 Å². The number of rotatable bonds is 8. The summed E-state index contributed by atoms with van der Waals surface area (Å²) in [5.41, 5.74) is -7.41. The third-order valence-corrected chi connectivity index (χ3v) is 4.65. The van der Waals surface area contributed by atoms with Crippen molar-refractivity contribution in [3.05, 3.63) is 32.6 Å². The Morgan fingerprint density at radius 2 is 2.07 bits per heavy atom. The monoisotopic (exact) mass is 423 g/mol. The average Bonchev–Trinajstić information content (AvgIpc) is 2.87. The van der Waals surface area contributed by atoms with Crippen LogP contribution in [0.15, 0.2) is 15.8 Å². The van der Waals surface area contributed by atoms with Gasteiger partial charge in [-0.3, -0.25) is 9.78 Å². The maximum Gasteiger partial charge on any atom is 0.342 e. The second-order valence-corrected chi connectivity index (χ2v) is 6.52. The fourth-order valence-corrected chi connectivity index (χ4v) is 3.03. The number of halogens is 1. The summed E-state index contributed by atoms with van der Waals surface area (Å²) in [7, 11) is 0. The molecule has 1 aliphatic rings. The number of hydroxylamine groups is 2. The minimum atomic E-state index is -3.50. The number of aromatic nitrogens is 2. The highest BCUT2D eigenvalue weighted by atomic mass is 19.1. The van der Waals surface area contributed by atoms with Crippen molar-refractivity contribution in [2.24, 2.45) is 0 Å². The van der Waals surface area contributed by atoms with Crippen LogP contribution in [0.3, 0.4) is 0 Å². The van der Waals surface area contributed by atoms with Gasteiger partial charge in [0.25, 0.3) is 5.56 Å². The predicted octanol–water partition coefficient (Wildman–Crippen LogP) is -2.54. The molecule has 0 spiro atoms. The zero-order chi connectivity index (χ0) is 22.1. The van der Waals surface area contributed by atoms with Crippen molar-refractivity contribution in [3.63, 3.8) is 0 Å². The number of nitrogens with one attached hydrogen (secondary N) is 1. The molecule has 7 N–H and O–H groups in total. The van der Waals surface area contributed by atoms with Gasteiger partial charge in [0.15, 0.2) is 6.30 Å². The van der Waals surface area contributed by atoms with E-state index >= 15 is 0 Å². The van der Waals surface area contributed by atoms with Crippen molar-refractivity contribution < 1.29 is 44.7 Å². The first-order valence-electron chi connectivity index (χ1n) is 8.59. The Morgan fingerprint density at radius 1 is 1.45 bits per heavy atom. The van der Waals surface area contributed by atoms with E-state index in [1.165, 1.54) is 0 Å². The van der Waals surface area contributed by atoms with Crippen LogP contribution in [0.2, 0.25) is 0 Å². The van der Waals surface area contributed by atoms with E-state index in [4.69, 9.17) is 9.84 Å². The molecule has 5 atom stereocenters. The lowest BCUT2D eigenvalue weighted by Gasteiger charge is -2.43. The van der Waals surface area contributed by atoms with Crippen molar-refractivity contribution in [2.45, 2.75) is 56.3 Å². The Hall–Kier alpha value is -2.20. The van der Waals surface area contributed by atoms with Crippen LogP contribution in [-0.4, -0.2) is 82.2 Å². The number of hydrogen-bond donors (Lipinski definition) is 7. The number of hydrogen-bond acceptors (Lipinski definition) is 10. The van der Waals surface area contributed by atoms with E-state index in [2.05, 4.69) is 0 Å². The lowest BCUT2D eigenvalue weighted by molar-refractivity contribution is -0.428. The van der Waals surface area contributed by atoms with Gasteiger partial charge in [0.1, 0.15) is 17.8 Å². The molecule has 2 heterocycles. The standard InChI is InChI=1S/C15H22FN3O10/c1-2-3-4-9(16)19(28)14(26)10(21)8(6-20)29-15(14,27)18-5-7(12(23)24)11(22)17-13(18)25/h5,8-10,20-21,26-28H,2-4,6H2,1H3,(H,23,24)(H,17,22,25)/t8-,9?,10-,14-,15+/m1/s1. The van der Waals surface area contributed by atoms with Gasteiger partial charge in [0.05, 0.1) is 6.61 Å². The molecule has 0 radical (unpaired) electrons. The van der Waals surface area contributed by atoms with Crippen LogP contribution < -0.4 is 11.2 Å². The first-order chi connectivity index (χ1) is 13.4. The van der Waals surface area contributed by atoms with E-state index in [9.17, 15) is 44.4 Å². The van der Waals surface area contributed by atoms with Gasteiger partial charge in [-0.1, -0.05) is 13.3 Å². The molecule has 1 aliphatic heterocycles. The van der Waals surface area contributed by atoms with Crippen LogP contribution in [0.25, 0.3) is 0 Å². The van der Waals surface area contributed by atoms with Gasteiger partial charge in [-0.05, 0) is 12.8 Å². The Morgan fingerprint density at radius 3 is 2.59 bits per heavy atom. The normalized spacial score (nSPS) is 30.6. The highest BCUT2D eigenvalue weighted by Gasteiger charge is 2.71. The molecule has 13 nitrogen and oxygen atoms in total. The zero-order valence-electron chi connectivity index (χ0n) is 15.2. The topological polar surface area (TPSA) is 206 Å². The Bertz CT molecular complexity index is 875. The van der Waals surface area contributed by atoms with E-state index in [1.807, 2.05) is 0 Å². The van der Waals surface area contributed by atoms with Crippen molar-refractivity contribution in [1.29, 1.82) is 0 Å². The van der Waals surface area contributed by atoms with Crippen LogP contribution in [0.1, 0.15) is 36.5 Å². The molecule has 29 heavy (non-hydrogen) atoms. The van der Waals surface area contributed by atoms with E-state index < -0.39 is 64.6 Å². The molecule has 0 aromatic carbocycles. The van der Waals surface area contributed by atoms with Crippen molar-refractivity contribution in [2.75, 3.05) is 6.61 Å². The SMILES string of the molecule is CCCCC(F)N(O)[C@@]1(O)[C@H](O)[C@@H](CO)O[C@]1(O)n1cc(C(=O)O)c(=O)[nH]c1=O. The summed E-state index contributed by atoms with van der Waals surface area (Å²) in [4.78, 5) is 36.5. The van der Waals surface area contributed by atoms with Gasteiger partial charge in [0.2, 0.25) is 5.72 Å². The molecule has 1 aromatic heterocycles. The third kappa shape index (κ3) is 3.59. The van der Waals surface area contributed by atoms with Gasteiger partial charge in [-0.25, -0.2) is 18.5 Å². The minimum Gasteiger partial charge on any atom is -0.477 e. The summed E-state index contributed by atoms with van der Waals surface area (Å²) in [6.45, 7) is 0.664. The molecule has 0 saturated carbocycles. The molecule has 1 fully saturated rings. The molecule has 14 heteroatoms. The maximum absolute atomic E-state index is 14.5. The number of carboxylic acids is 1. The lowest BCUT2D eigenvalue weighted by Crippen LogP contribution is -2.70. The lowest BCUT2D eigenvalue weighted by atomic mass is 10.00. The molecule has 0 aliphatic carbocycles. The maximum atomic E-state index is 14.5. The number of carboxylic acid groups (broad SMARTS) is 1. The number of aliphatic hydroxyl groups excluding tert-OH is 2. The quantitative estimate of drug-likeness (QED) is 0.132. The molecule has 1 saturated heterocycles. The van der Waals surface area contributed by atoms with Crippen LogP contribution in [0.4, 0.5) is 4.39 Å². The highest BCUT2D eigenvalue weighted by molar-refractivity contribution is 5.86. The first-order valence-corrected chi connectivity index (χ1v) is 8.59. The van der Waals surface area contributed by atoms with Crippen LogP contribution in [-0.2, 0) is 10.6 Å². The number of aliphatic hydroxyl groups is 4. The summed E-state index contributed by atoms with van der Waals surface area (Å²) in [5, 5.41) is 60.3. The predicted molar refractivity (Wildman–Crippen MR) is 89.4 cm³/mol. The molecular formula is C15H22FN3O10. The summed E-state index contributed by atoms with van der Waals surface area (Å²) >= 11 is 0. The molecule has 1 unspecified atom stereocenters. The first kappa shape index (κ1) is 23.1. The second kappa shape index (κ2) is 8.27. The van der Waals surface area contributed by atoms with Gasteiger partial charge in [0, 0.05) is 6.20 Å². The summed E-state index contributed by atoms with van der Waals surface area (Å²) in [6.07, 6.45) is -5.90. The Balaban J connectivity index is 2.69. The molecule has 1 aromatic rings. The molecule has 0 amide bonds. The zero-order valence-corrected chi connectivity index (χ0v) is 15.2. The number of nitrogens with zero attached hydrogens (tertiary/aromatic N) is 2. The summed E-state index contributed by atoms with van der Waals surface area (Å²) in [5.74, 6) is -5.33. The summed E-state index contributed by atoms with van der Waals surface area (Å²) < 4.78 is 19.3. The average molecular weight is 423 g/mol. The summed E-state index contributed by atoms with van der Waals surface area (Å²) in [6, 6.07) is 0. The van der Waals surface area contributed by atoms with Crippen molar-refractivity contribution in [3.8, 4) is 0 Å². The number of carbonyl (C=O) groups is 1. The Kier molecular flexibility index (Phi) is 6.58. The van der Waals surface area contributed by atoms with E-state index in [0.29, 0.717) is 6.42 Å². The largest absolute Gasteiger partial charge is 0.477 e. The van der Waals surface area contributed by atoms with Gasteiger partial charge in [-0.15, -0.1) is 5.06 Å². The van der Waals surface area contributed by atoms with Crippen molar-refractivity contribution in [1.82, 2.24) is 14.6 Å². The molecule has 2 rings (SSSR count). The Labute approximate surface area is 161 Å². The van der Waals surface area contributed by atoms with Gasteiger partial charge >= 0.3 is 17.6 Å². The second-order valence-electron chi connectivity index (χ2n) is 6.52. The number of aromatic carboxylic acids is 1. The van der Waals surface area contributed by atoms with Gasteiger partial charge < -0.3 is 35.5 Å². The molecular weight excluding hydrogens is 401 g/mol. The number of H-pyrrole nitrogens is 1. The fraction of sp³-hybridized carbons (Fsp3) is 0.667. The number of unbranched alkanes of at least 4 members (excludes halogenated alkanes) is 1. The minimum absolute atomic E-state index is 0.0352. The van der Waals surface area contributed by atoms with E-state index in [1.54, 1.807) is 11.9 Å². The third-order valence-electron chi connectivity index (χ3n) is 4.65. The fourth-order valence-electron chi connectivity index (χ4n) is 3.03. The molecule has 0 bridgehead atoms. The van der Waals surface area contributed by atoms with E-state index in [-0.39, 0.29) is 23.6 Å². The number of aromatic amines is 1. The number of ether oxygens (including phenoxy) is 1. The van der Waals surface area contributed by atoms with Crippen LogP contribution in [0.5, 0.6) is 0 Å².